The second-order valence-electron chi connectivity index (χ2n) is 4.01. The van der Waals surface area contributed by atoms with Gasteiger partial charge in [-0.3, -0.25) is 9.79 Å². The van der Waals surface area contributed by atoms with Gasteiger partial charge >= 0.3 is 0 Å². The molecule has 104 valence electrons. The highest BCUT2D eigenvalue weighted by atomic mass is 79.9. The van der Waals surface area contributed by atoms with Crippen molar-refractivity contribution < 1.29 is 4.79 Å². The zero-order valence-corrected chi connectivity index (χ0v) is 13.0. The molecule has 3 N–H and O–H groups in total. The van der Waals surface area contributed by atoms with E-state index < -0.39 is 0 Å². The first-order chi connectivity index (χ1) is 9.06. The van der Waals surface area contributed by atoms with Crippen LogP contribution in [0.25, 0.3) is 0 Å². The zero-order valence-electron chi connectivity index (χ0n) is 11.4. The second kappa shape index (κ2) is 7.78. The Kier molecular flexibility index (Phi) is 6.35. The minimum atomic E-state index is -0.0275. The van der Waals surface area contributed by atoms with E-state index in [4.69, 9.17) is 0 Å². The molecule has 0 atom stereocenters. The molecular formula is C13H19BrN4O. The minimum Gasteiger partial charge on any atom is -0.359 e. The molecule has 19 heavy (non-hydrogen) atoms. The summed E-state index contributed by atoms with van der Waals surface area (Å²) in [4.78, 5) is 15.8. The van der Waals surface area contributed by atoms with Crippen molar-refractivity contribution in [3.8, 4) is 0 Å². The van der Waals surface area contributed by atoms with Gasteiger partial charge in [0.2, 0.25) is 5.91 Å². The van der Waals surface area contributed by atoms with Crippen molar-refractivity contribution in [1.29, 1.82) is 0 Å². The van der Waals surface area contributed by atoms with Crippen molar-refractivity contribution in [2.45, 2.75) is 13.3 Å². The summed E-state index contributed by atoms with van der Waals surface area (Å²) in [6.07, 6.45) is 0.382. The van der Waals surface area contributed by atoms with Gasteiger partial charge in [0.1, 0.15) is 0 Å². The molecule has 0 saturated carbocycles. The van der Waals surface area contributed by atoms with Crippen LogP contribution in [0.15, 0.2) is 27.7 Å². The average Bonchev–Trinajstić information content (AvgIpc) is 2.39. The van der Waals surface area contributed by atoms with Crippen LogP contribution in [-0.2, 0) is 4.79 Å². The van der Waals surface area contributed by atoms with Gasteiger partial charge in [0.15, 0.2) is 5.96 Å². The molecule has 0 bridgehead atoms. The number of hydrogen-bond acceptors (Lipinski definition) is 2. The summed E-state index contributed by atoms with van der Waals surface area (Å²) in [6.45, 7) is 2.50. The maximum absolute atomic E-state index is 11.8. The third-order valence-corrected chi connectivity index (χ3v) is 3.07. The highest BCUT2D eigenvalue weighted by molar-refractivity contribution is 9.10. The third-order valence-electron chi connectivity index (χ3n) is 2.58. The summed E-state index contributed by atoms with van der Waals surface area (Å²) in [7, 11) is 3.46. The van der Waals surface area contributed by atoms with Gasteiger partial charge in [-0.05, 0) is 24.6 Å². The predicted molar refractivity (Wildman–Crippen MR) is 82.5 cm³/mol. The fourth-order valence-corrected chi connectivity index (χ4v) is 1.88. The molecule has 0 radical (unpaired) electrons. The van der Waals surface area contributed by atoms with Crippen molar-refractivity contribution in [1.82, 2.24) is 10.6 Å². The predicted octanol–water partition coefficient (Wildman–Crippen LogP) is 1.88. The average molecular weight is 327 g/mol. The van der Waals surface area contributed by atoms with E-state index in [9.17, 15) is 4.79 Å². The molecule has 1 aromatic rings. The molecule has 0 heterocycles. The van der Waals surface area contributed by atoms with E-state index in [0.717, 1.165) is 15.7 Å². The summed E-state index contributed by atoms with van der Waals surface area (Å²) in [5.41, 5.74) is 1.87. The lowest BCUT2D eigenvalue weighted by Crippen LogP contribution is -2.36. The molecule has 5 nitrogen and oxygen atoms in total. The number of nitrogens with one attached hydrogen (secondary N) is 3. The van der Waals surface area contributed by atoms with E-state index in [1.54, 1.807) is 14.1 Å². The number of aryl methyl sites for hydroxylation is 1. The Morgan fingerprint density at radius 3 is 2.79 bits per heavy atom. The molecule has 0 aromatic heterocycles. The van der Waals surface area contributed by atoms with E-state index in [1.807, 2.05) is 25.1 Å². The number of guanidine groups is 1. The Hall–Kier alpha value is -1.56. The van der Waals surface area contributed by atoms with E-state index in [2.05, 4.69) is 36.9 Å². The van der Waals surface area contributed by atoms with Crippen LogP contribution in [0, 0.1) is 6.92 Å². The molecule has 0 fully saturated rings. The van der Waals surface area contributed by atoms with Crippen molar-refractivity contribution in [3.05, 3.63) is 28.2 Å². The number of aliphatic imine (C=N–C) groups is 1. The number of carbonyl (C=O) groups is 1. The van der Waals surface area contributed by atoms with Crippen LogP contribution in [0.3, 0.4) is 0 Å². The lowest BCUT2D eigenvalue weighted by molar-refractivity contribution is -0.116. The molecule has 1 amide bonds. The molecule has 0 aliphatic heterocycles. The van der Waals surface area contributed by atoms with Crippen LogP contribution in [0.4, 0.5) is 5.69 Å². The molecule has 0 spiro atoms. The molecule has 0 aliphatic rings. The lowest BCUT2D eigenvalue weighted by atomic mass is 10.2. The van der Waals surface area contributed by atoms with Gasteiger partial charge in [0.25, 0.3) is 0 Å². The van der Waals surface area contributed by atoms with Crippen molar-refractivity contribution in [3.63, 3.8) is 0 Å². The quantitative estimate of drug-likeness (QED) is 0.584. The number of anilines is 1. The standard InChI is InChI=1S/C13H19BrN4O/c1-9-4-5-10(14)8-11(9)18-12(19)6-7-17-13(15-2)16-3/h4-5,8H,6-7H2,1-3H3,(H,18,19)(H2,15,16,17). The van der Waals surface area contributed by atoms with Crippen molar-refractivity contribution in [2.24, 2.45) is 4.99 Å². The van der Waals surface area contributed by atoms with Gasteiger partial charge in [-0.2, -0.15) is 0 Å². The first kappa shape index (κ1) is 15.5. The maximum atomic E-state index is 11.8. The SMILES string of the molecule is CN=C(NC)NCCC(=O)Nc1cc(Br)ccc1C. The number of rotatable bonds is 4. The number of nitrogens with zero attached hydrogens (tertiary/aromatic N) is 1. The van der Waals surface area contributed by atoms with Gasteiger partial charge in [-0.15, -0.1) is 0 Å². The van der Waals surface area contributed by atoms with Gasteiger partial charge < -0.3 is 16.0 Å². The Labute approximate surface area is 122 Å². The third kappa shape index (κ3) is 5.30. The number of benzene rings is 1. The van der Waals surface area contributed by atoms with Gasteiger partial charge in [-0.25, -0.2) is 0 Å². The molecule has 0 unspecified atom stereocenters. The fourth-order valence-electron chi connectivity index (χ4n) is 1.52. The topological polar surface area (TPSA) is 65.5 Å². The molecule has 0 aliphatic carbocycles. The van der Waals surface area contributed by atoms with Crippen LogP contribution in [0.5, 0.6) is 0 Å². The second-order valence-corrected chi connectivity index (χ2v) is 4.92. The Bertz CT molecular complexity index is 474. The maximum Gasteiger partial charge on any atom is 0.226 e. The van der Waals surface area contributed by atoms with E-state index in [0.29, 0.717) is 18.9 Å². The van der Waals surface area contributed by atoms with Crippen LogP contribution in [-0.4, -0.2) is 32.5 Å². The Morgan fingerprint density at radius 1 is 1.42 bits per heavy atom. The highest BCUT2D eigenvalue weighted by Gasteiger charge is 2.05. The first-order valence-electron chi connectivity index (χ1n) is 6.01. The summed E-state index contributed by atoms with van der Waals surface area (Å²) in [6, 6.07) is 5.80. The van der Waals surface area contributed by atoms with Crippen LogP contribution in [0.2, 0.25) is 0 Å². The number of hydrogen-bond donors (Lipinski definition) is 3. The minimum absolute atomic E-state index is 0.0275. The van der Waals surface area contributed by atoms with Gasteiger partial charge in [-0.1, -0.05) is 22.0 Å². The molecular weight excluding hydrogens is 308 g/mol. The van der Waals surface area contributed by atoms with Gasteiger partial charge in [0, 0.05) is 37.2 Å². The van der Waals surface area contributed by atoms with Crippen molar-refractivity contribution in [2.75, 3.05) is 26.0 Å². The zero-order chi connectivity index (χ0) is 14.3. The van der Waals surface area contributed by atoms with E-state index in [-0.39, 0.29) is 5.91 Å². The number of halogens is 1. The summed E-state index contributed by atoms with van der Waals surface area (Å²) >= 11 is 3.39. The smallest absolute Gasteiger partial charge is 0.226 e. The molecule has 0 saturated heterocycles. The van der Waals surface area contributed by atoms with Gasteiger partial charge in [0.05, 0.1) is 0 Å². The first-order valence-corrected chi connectivity index (χ1v) is 6.80. The monoisotopic (exact) mass is 326 g/mol. The van der Waals surface area contributed by atoms with E-state index in [1.165, 1.54) is 0 Å². The van der Waals surface area contributed by atoms with Crippen LogP contribution >= 0.6 is 15.9 Å². The molecule has 6 heteroatoms. The normalized spacial score (nSPS) is 11.1. The van der Waals surface area contributed by atoms with Crippen LogP contribution in [0.1, 0.15) is 12.0 Å². The molecule has 1 aromatic carbocycles. The number of amides is 1. The summed E-state index contributed by atoms with van der Waals surface area (Å²) < 4.78 is 0.946. The lowest BCUT2D eigenvalue weighted by Gasteiger charge is -2.10. The Morgan fingerprint density at radius 2 is 2.16 bits per heavy atom. The summed E-state index contributed by atoms with van der Waals surface area (Å²) in [5.74, 6) is 0.645. The fraction of sp³-hybridized carbons (Fsp3) is 0.385. The highest BCUT2D eigenvalue weighted by Crippen LogP contribution is 2.20. The summed E-state index contributed by atoms with van der Waals surface area (Å²) in [5, 5.41) is 8.81. The van der Waals surface area contributed by atoms with Crippen LogP contribution < -0.4 is 16.0 Å². The molecule has 1 rings (SSSR count). The van der Waals surface area contributed by atoms with Crippen molar-refractivity contribution >= 4 is 33.5 Å². The Balaban J connectivity index is 2.45. The van der Waals surface area contributed by atoms with E-state index >= 15 is 0 Å². The number of carbonyl (C=O) groups excluding carboxylic acids is 1. The largest absolute Gasteiger partial charge is 0.359 e.